The molecule has 2 heterocycles. The normalized spacial score (nSPS) is 17.4. The van der Waals surface area contributed by atoms with Gasteiger partial charge in [0.2, 0.25) is 11.9 Å². The van der Waals surface area contributed by atoms with E-state index in [1.807, 2.05) is 30.3 Å². The second-order valence-electron chi connectivity index (χ2n) is 6.35. The zero-order chi connectivity index (χ0) is 17.1. The summed E-state index contributed by atoms with van der Waals surface area (Å²) in [5.41, 5.74) is 0.871. The van der Waals surface area contributed by atoms with Crippen molar-refractivity contribution in [2.45, 2.75) is 12.8 Å². The molecule has 1 N–H and O–H groups in total. The summed E-state index contributed by atoms with van der Waals surface area (Å²) in [4.78, 5) is 23.5. The molecule has 126 valence electrons. The Balaban J connectivity index is 1.51. The minimum absolute atomic E-state index is 0.0588. The number of carbonyl (C=O) groups excluding carboxylic acids is 1. The van der Waals surface area contributed by atoms with Crippen molar-refractivity contribution in [2.75, 3.05) is 23.3 Å². The van der Waals surface area contributed by atoms with Gasteiger partial charge in [0.15, 0.2) is 0 Å². The maximum atomic E-state index is 12.8. The number of nitrogens with one attached hydrogen (secondary N) is 1. The molecule has 0 aliphatic carbocycles. The predicted octanol–water partition coefficient (Wildman–Crippen LogP) is 3.48. The fraction of sp³-hybridized carbons (Fsp3) is 0.250. The maximum Gasteiger partial charge on any atom is 0.229 e. The van der Waals surface area contributed by atoms with Crippen LogP contribution in [0.1, 0.15) is 12.8 Å². The average molecular weight is 332 g/mol. The smallest absolute Gasteiger partial charge is 0.229 e. The number of anilines is 2. The number of hydrogen-bond donors (Lipinski definition) is 1. The summed E-state index contributed by atoms with van der Waals surface area (Å²) in [5.74, 6) is 0.707. The van der Waals surface area contributed by atoms with Crippen LogP contribution in [0.25, 0.3) is 10.8 Å². The number of piperidine rings is 1. The van der Waals surface area contributed by atoms with E-state index in [9.17, 15) is 4.79 Å². The number of fused-ring (bicyclic) bond motifs is 1. The van der Waals surface area contributed by atoms with E-state index in [0.717, 1.165) is 35.8 Å². The van der Waals surface area contributed by atoms with Gasteiger partial charge in [-0.15, -0.1) is 0 Å². The molecule has 0 spiro atoms. The molecule has 3 aromatic rings. The van der Waals surface area contributed by atoms with Crippen molar-refractivity contribution >= 4 is 28.3 Å². The van der Waals surface area contributed by atoms with Crippen LogP contribution in [-0.4, -0.2) is 29.0 Å². The maximum absolute atomic E-state index is 12.8. The molecule has 4 rings (SSSR count). The molecule has 1 aliphatic rings. The number of amides is 1. The van der Waals surface area contributed by atoms with Crippen LogP contribution in [0.2, 0.25) is 0 Å². The molecule has 5 heteroatoms. The van der Waals surface area contributed by atoms with Crippen LogP contribution >= 0.6 is 0 Å². The van der Waals surface area contributed by atoms with Crippen molar-refractivity contribution < 1.29 is 4.79 Å². The van der Waals surface area contributed by atoms with E-state index in [0.29, 0.717) is 12.5 Å². The Morgan fingerprint density at radius 3 is 2.72 bits per heavy atom. The second-order valence-corrected chi connectivity index (χ2v) is 6.35. The molecular weight excluding hydrogens is 312 g/mol. The SMILES string of the molecule is O=C(Nc1cccc2ccccc12)[C@H]1CCCN(c2ncccn2)C1. The van der Waals surface area contributed by atoms with Crippen LogP contribution in [0, 0.1) is 5.92 Å². The Kier molecular flexibility index (Phi) is 4.29. The van der Waals surface area contributed by atoms with Crippen molar-refractivity contribution in [3.63, 3.8) is 0 Å². The predicted molar refractivity (Wildman–Crippen MR) is 99.5 cm³/mol. The first kappa shape index (κ1) is 15.6. The van der Waals surface area contributed by atoms with Crippen LogP contribution in [0.3, 0.4) is 0 Å². The summed E-state index contributed by atoms with van der Waals surface area (Å²) >= 11 is 0. The first-order valence-corrected chi connectivity index (χ1v) is 8.62. The van der Waals surface area contributed by atoms with Gasteiger partial charge in [-0.25, -0.2) is 9.97 Å². The second kappa shape index (κ2) is 6.89. The van der Waals surface area contributed by atoms with E-state index in [-0.39, 0.29) is 11.8 Å². The van der Waals surface area contributed by atoms with Crippen LogP contribution in [0.5, 0.6) is 0 Å². The highest BCUT2D eigenvalue weighted by Crippen LogP contribution is 2.25. The van der Waals surface area contributed by atoms with Gasteiger partial charge in [0, 0.05) is 36.6 Å². The summed E-state index contributed by atoms with van der Waals surface area (Å²) in [6, 6.07) is 15.9. The highest BCUT2D eigenvalue weighted by atomic mass is 16.1. The minimum Gasteiger partial charge on any atom is -0.340 e. The number of hydrogen-bond acceptors (Lipinski definition) is 4. The van der Waals surface area contributed by atoms with Gasteiger partial charge in [0.05, 0.1) is 5.92 Å². The highest BCUT2D eigenvalue weighted by Gasteiger charge is 2.27. The lowest BCUT2D eigenvalue weighted by Gasteiger charge is -2.32. The third kappa shape index (κ3) is 3.31. The Hall–Kier alpha value is -2.95. The Bertz CT molecular complexity index is 876. The van der Waals surface area contributed by atoms with Crippen LogP contribution in [-0.2, 0) is 4.79 Å². The third-order valence-corrected chi connectivity index (χ3v) is 4.67. The van der Waals surface area contributed by atoms with Gasteiger partial charge in [-0.3, -0.25) is 4.79 Å². The number of nitrogens with zero attached hydrogens (tertiary/aromatic N) is 3. The van der Waals surface area contributed by atoms with E-state index in [4.69, 9.17) is 0 Å². The van der Waals surface area contributed by atoms with E-state index in [1.165, 1.54) is 0 Å². The molecule has 0 unspecified atom stereocenters. The van der Waals surface area contributed by atoms with Crippen molar-refractivity contribution in [1.82, 2.24) is 9.97 Å². The minimum atomic E-state index is -0.0588. The fourth-order valence-corrected chi connectivity index (χ4v) is 3.40. The molecule has 0 bridgehead atoms. The van der Waals surface area contributed by atoms with E-state index >= 15 is 0 Å². The molecule has 0 saturated carbocycles. The molecular formula is C20H20N4O. The molecule has 1 atom stereocenters. The lowest BCUT2D eigenvalue weighted by atomic mass is 9.97. The van der Waals surface area contributed by atoms with E-state index in [2.05, 4.69) is 32.3 Å². The average Bonchev–Trinajstić information content (AvgIpc) is 2.69. The fourth-order valence-electron chi connectivity index (χ4n) is 3.40. The van der Waals surface area contributed by atoms with Crippen LogP contribution in [0.15, 0.2) is 60.9 Å². The van der Waals surface area contributed by atoms with Crippen LogP contribution < -0.4 is 10.2 Å². The monoisotopic (exact) mass is 332 g/mol. The van der Waals surface area contributed by atoms with Gasteiger partial charge in [-0.05, 0) is 30.4 Å². The van der Waals surface area contributed by atoms with Crippen molar-refractivity contribution in [3.8, 4) is 0 Å². The molecule has 5 nitrogen and oxygen atoms in total. The Morgan fingerprint density at radius 1 is 1.04 bits per heavy atom. The van der Waals surface area contributed by atoms with Gasteiger partial charge in [0.1, 0.15) is 0 Å². The molecule has 1 saturated heterocycles. The molecule has 0 radical (unpaired) electrons. The molecule has 1 aliphatic heterocycles. The van der Waals surface area contributed by atoms with E-state index in [1.54, 1.807) is 18.5 Å². The molecule has 25 heavy (non-hydrogen) atoms. The number of benzene rings is 2. The number of rotatable bonds is 3. The summed E-state index contributed by atoms with van der Waals surface area (Å²) in [6.07, 6.45) is 5.33. The zero-order valence-corrected chi connectivity index (χ0v) is 13.9. The largest absolute Gasteiger partial charge is 0.340 e. The van der Waals surface area contributed by atoms with E-state index < -0.39 is 0 Å². The quantitative estimate of drug-likeness (QED) is 0.798. The van der Waals surface area contributed by atoms with Crippen LogP contribution in [0.4, 0.5) is 11.6 Å². The Morgan fingerprint density at radius 2 is 1.84 bits per heavy atom. The molecule has 2 aromatic carbocycles. The first-order chi connectivity index (χ1) is 12.3. The van der Waals surface area contributed by atoms with Gasteiger partial charge in [0.25, 0.3) is 0 Å². The molecule has 1 fully saturated rings. The lowest BCUT2D eigenvalue weighted by Crippen LogP contribution is -2.41. The highest BCUT2D eigenvalue weighted by molar-refractivity contribution is 6.02. The lowest BCUT2D eigenvalue weighted by molar-refractivity contribution is -0.120. The molecule has 1 aromatic heterocycles. The summed E-state index contributed by atoms with van der Waals surface area (Å²) in [5, 5.41) is 5.32. The van der Waals surface area contributed by atoms with Crippen molar-refractivity contribution in [3.05, 3.63) is 60.9 Å². The standard InChI is InChI=1S/C20H20N4O/c25-19(23-18-10-3-7-15-6-1-2-9-17(15)18)16-8-4-13-24(14-16)20-21-11-5-12-22-20/h1-3,5-7,9-12,16H,4,8,13-14H2,(H,23,25)/t16-/m0/s1. The number of aromatic nitrogens is 2. The van der Waals surface area contributed by atoms with Gasteiger partial charge < -0.3 is 10.2 Å². The first-order valence-electron chi connectivity index (χ1n) is 8.62. The van der Waals surface area contributed by atoms with Gasteiger partial charge in [-0.1, -0.05) is 36.4 Å². The summed E-state index contributed by atoms with van der Waals surface area (Å²) in [6.45, 7) is 1.54. The van der Waals surface area contributed by atoms with Gasteiger partial charge >= 0.3 is 0 Å². The Labute approximate surface area is 146 Å². The third-order valence-electron chi connectivity index (χ3n) is 4.67. The zero-order valence-electron chi connectivity index (χ0n) is 13.9. The topological polar surface area (TPSA) is 58.1 Å². The van der Waals surface area contributed by atoms with Gasteiger partial charge in [-0.2, -0.15) is 0 Å². The summed E-state index contributed by atoms with van der Waals surface area (Å²) in [7, 11) is 0. The summed E-state index contributed by atoms with van der Waals surface area (Å²) < 4.78 is 0. The van der Waals surface area contributed by atoms with Crippen molar-refractivity contribution in [1.29, 1.82) is 0 Å². The number of carbonyl (C=O) groups is 1. The van der Waals surface area contributed by atoms with Crippen molar-refractivity contribution in [2.24, 2.45) is 5.92 Å². The molecule has 1 amide bonds.